The van der Waals surface area contributed by atoms with E-state index in [4.69, 9.17) is 0 Å². The molecule has 2 aromatic rings. The van der Waals surface area contributed by atoms with Crippen molar-refractivity contribution in [2.24, 2.45) is 0 Å². The number of hydrogen-bond donors (Lipinski definition) is 1. The van der Waals surface area contributed by atoms with Gasteiger partial charge in [-0.05, 0) is 48.2 Å². The Morgan fingerprint density at radius 2 is 1.59 bits per heavy atom. The smallest absolute Gasteiger partial charge is 0.255 e. The van der Waals surface area contributed by atoms with Gasteiger partial charge in [0.2, 0.25) is 10.0 Å². The second-order valence-corrected chi connectivity index (χ2v) is 8.40. The lowest BCUT2D eigenvalue weighted by atomic mass is 9.97. The van der Waals surface area contributed by atoms with Gasteiger partial charge in [-0.2, -0.15) is 4.31 Å². The predicted octanol–water partition coefficient (Wildman–Crippen LogP) is 4.48. The highest BCUT2D eigenvalue weighted by Crippen LogP contribution is 2.27. The highest BCUT2D eigenvalue weighted by atomic mass is 32.2. The molecular formula is C21H28N2O3S. The van der Waals surface area contributed by atoms with Crippen molar-refractivity contribution in [1.82, 2.24) is 4.31 Å². The van der Waals surface area contributed by atoms with E-state index in [1.54, 1.807) is 26.0 Å². The minimum absolute atomic E-state index is 0.197. The van der Waals surface area contributed by atoms with Crippen LogP contribution >= 0.6 is 0 Å². The van der Waals surface area contributed by atoms with Crippen molar-refractivity contribution >= 4 is 21.6 Å². The lowest BCUT2D eigenvalue weighted by Crippen LogP contribution is -2.30. The van der Waals surface area contributed by atoms with E-state index in [2.05, 4.69) is 19.2 Å². The molecule has 27 heavy (non-hydrogen) atoms. The highest BCUT2D eigenvalue weighted by Gasteiger charge is 2.21. The van der Waals surface area contributed by atoms with Gasteiger partial charge in [-0.15, -0.1) is 0 Å². The van der Waals surface area contributed by atoms with E-state index in [9.17, 15) is 13.2 Å². The summed E-state index contributed by atoms with van der Waals surface area (Å²) in [5, 5.41) is 2.95. The number of sulfonamides is 1. The summed E-state index contributed by atoms with van der Waals surface area (Å²) in [5.74, 6) is 0.0839. The Balaban J connectivity index is 2.22. The number of carbonyl (C=O) groups is 1. The molecule has 0 bridgehead atoms. The van der Waals surface area contributed by atoms with Crippen molar-refractivity contribution in [2.75, 3.05) is 18.4 Å². The SMILES string of the molecule is CC[C@H](C)c1ccccc1NC(=O)c1ccc(S(=O)(=O)N(CC)CC)cc1. The Morgan fingerprint density at radius 1 is 1.00 bits per heavy atom. The second kappa shape index (κ2) is 9.15. The molecule has 146 valence electrons. The first-order valence-electron chi connectivity index (χ1n) is 9.35. The molecule has 1 atom stereocenters. The Morgan fingerprint density at radius 3 is 2.15 bits per heavy atom. The summed E-state index contributed by atoms with van der Waals surface area (Å²) >= 11 is 0. The lowest BCUT2D eigenvalue weighted by Gasteiger charge is -2.18. The first-order chi connectivity index (χ1) is 12.8. The molecule has 0 heterocycles. The van der Waals surface area contributed by atoms with Crippen molar-refractivity contribution in [2.45, 2.75) is 44.9 Å². The number of hydrogen-bond acceptors (Lipinski definition) is 3. The Labute approximate surface area is 162 Å². The molecule has 2 aromatic carbocycles. The molecule has 0 saturated heterocycles. The van der Waals surface area contributed by atoms with Gasteiger partial charge in [-0.3, -0.25) is 4.79 Å². The molecule has 0 aliphatic carbocycles. The molecule has 1 amide bonds. The van der Waals surface area contributed by atoms with Gasteiger partial charge in [0.05, 0.1) is 4.90 Å². The zero-order chi connectivity index (χ0) is 20.0. The minimum atomic E-state index is -3.52. The predicted molar refractivity (Wildman–Crippen MR) is 110 cm³/mol. The molecule has 0 spiro atoms. The Bertz CT molecular complexity index is 873. The third-order valence-corrected chi connectivity index (χ3v) is 6.88. The van der Waals surface area contributed by atoms with Crippen LogP contribution in [-0.2, 0) is 10.0 Å². The van der Waals surface area contributed by atoms with Crippen LogP contribution in [0.25, 0.3) is 0 Å². The first kappa shape index (κ1) is 21.1. The molecule has 5 nitrogen and oxygen atoms in total. The summed E-state index contributed by atoms with van der Waals surface area (Å²) in [7, 11) is -3.52. The third kappa shape index (κ3) is 4.76. The maximum absolute atomic E-state index is 12.6. The summed E-state index contributed by atoms with van der Waals surface area (Å²) in [4.78, 5) is 12.8. The summed E-state index contributed by atoms with van der Waals surface area (Å²) in [5.41, 5.74) is 2.30. The van der Waals surface area contributed by atoms with Crippen molar-refractivity contribution in [1.29, 1.82) is 0 Å². The molecule has 0 unspecified atom stereocenters. The van der Waals surface area contributed by atoms with Gasteiger partial charge < -0.3 is 5.32 Å². The van der Waals surface area contributed by atoms with Gasteiger partial charge in [0, 0.05) is 24.3 Å². The number of carbonyl (C=O) groups excluding carboxylic acids is 1. The number of nitrogens with zero attached hydrogens (tertiary/aromatic N) is 1. The number of para-hydroxylation sites is 1. The van der Waals surface area contributed by atoms with E-state index in [1.165, 1.54) is 16.4 Å². The van der Waals surface area contributed by atoms with E-state index < -0.39 is 10.0 Å². The summed E-state index contributed by atoms with van der Waals surface area (Å²) < 4.78 is 26.5. The minimum Gasteiger partial charge on any atom is -0.322 e. The van der Waals surface area contributed by atoms with Crippen LogP contribution in [0.15, 0.2) is 53.4 Å². The number of amides is 1. The Hall–Kier alpha value is -2.18. The zero-order valence-electron chi connectivity index (χ0n) is 16.4. The molecule has 2 rings (SSSR count). The zero-order valence-corrected chi connectivity index (χ0v) is 17.2. The second-order valence-electron chi connectivity index (χ2n) is 6.46. The summed E-state index contributed by atoms with van der Waals surface area (Å²) in [6.45, 7) is 8.66. The maximum Gasteiger partial charge on any atom is 0.255 e. The van der Waals surface area contributed by atoms with Crippen LogP contribution in [0.4, 0.5) is 5.69 Å². The van der Waals surface area contributed by atoms with Crippen molar-refractivity contribution in [3.8, 4) is 0 Å². The molecule has 0 fully saturated rings. The quantitative estimate of drug-likeness (QED) is 0.725. The normalized spacial score (nSPS) is 12.8. The molecule has 0 aliphatic heterocycles. The van der Waals surface area contributed by atoms with E-state index >= 15 is 0 Å². The molecular weight excluding hydrogens is 360 g/mol. The van der Waals surface area contributed by atoms with Crippen molar-refractivity contribution in [3.05, 3.63) is 59.7 Å². The van der Waals surface area contributed by atoms with Gasteiger partial charge in [-0.1, -0.05) is 45.9 Å². The molecule has 6 heteroatoms. The molecule has 0 saturated carbocycles. The fourth-order valence-electron chi connectivity index (χ4n) is 2.95. The van der Waals surface area contributed by atoms with Crippen LogP contribution in [0, 0.1) is 0 Å². The van der Waals surface area contributed by atoms with Gasteiger partial charge >= 0.3 is 0 Å². The van der Waals surface area contributed by atoms with Crippen LogP contribution in [0.1, 0.15) is 56.0 Å². The fourth-order valence-corrected chi connectivity index (χ4v) is 4.40. The van der Waals surface area contributed by atoms with Crippen LogP contribution < -0.4 is 5.32 Å². The Kier molecular flexibility index (Phi) is 7.16. The van der Waals surface area contributed by atoms with E-state index in [-0.39, 0.29) is 10.8 Å². The molecule has 0 aromatic heterocycles. The summed E-state index contributed by atoms with van der Waals surface area (Å²) in [6, 6.07) is 13.8. The highest BCUT2D eigenvalue weighted by molar-refractivity contribution is 7.89. The topological polar surface area (TPSA) is 66.5 Å². The molecule has 0 aliphatic rings. The fraction of sp³-hybridized carbons (Fsp3) is 0.381. The number of nitrogens with one attached hydrogen (secondary N) is 1. The van der Waals surface area contributed by atoms with Crippen LogP contribution in [-0.4, -0.2) is 31.7 Å². The van der Waals surface area contributed by atoms with E-state index in [0.29, 0.717) is 24.6 Å². The largest absolute Gasteiger partial charge is 0.322 e. The van der Waals surface area contributed by atoms with Gasteiger partial charge in [0.25, 0.3) is 5.91 Å². The third-order valence-electron chi connectivity index (χ3n) is 4.81. The molecule has 1 N–H and O–H groups in total. The van der Waals surface area contributed by atoms with Gasteiger partial charge in [0.1, 0.15) is 0 Å². The summed E-state index contributed by atoms with van der Waals surface area (Å²) in [6.07, 6.45) is 0.977. The number of benzene rings is 2. The lowest BCUT2D eigenvalue weighted by molar-refractivity contribution is 0.102. The number of anilines is 1. The average Bonchev–Trinajstić information content (AvgIpc) is 2.68. The van der Waals surface area contributed by atoms with E-state index in [1.807, 2.05) is 24.3 Å². The monoisotopic (exact) mass is 388 g/mol. The average molecular weight is 389 g/mol. The molecule has 0 radical (unpaired) electrons. The standard InChI is InChI=1S/C21H28N2O3S/c1-5-16(4)19-10-8-9-11-20(19)22-21(24)17-12-14-18(15-13-17)27(25,26)23(6-2)7-3/h8-16H,5-7H2,1-4H3,(H,22,24)/t16-/m0/s1. The van der Waals surface area contributed by atoms with Gasteiger partial charge in [-0.25, -0.2) is 8.42 Å². The van der Waals surface area contributed by atoms with E-state index in [0.717, 1.165) is 17.7 Å². The number of rotatable bonds is 8. The van der Waals surface area contributed by atoms with Crippen molar-refractivity contribution in [3.63, 3.8) is 0 Å². The van der Waals surface area contributed by atoms with Crippen LogP contribution in [0.3, 0.4) is 0 Å². The van der Waals surface area contributed by atoms with Crippen LogP contribution in [0.5, 0.6) is 0 Å². The first-order valence-corrected chi connectivity index (χ1v) is 10.8. The van der Waals surface area contributed by atoms with Gasteiger partial charge in [0.15, 0.2) is 0 Å². The van der Waals surface area contributed by atoms with Crippen LogP contribution in [0.2, 0.25) is 0 Å². The maximum atomic E-state index is 12.6. The van der Waals surface area contributed by atoms with Crippen molar-refractivity contribution < 1.29 is 13.2 Å².